The number of hydrogen-bond donors (Lipinski definition) is 1. The molecule has 19 heavy (non-hydrogen) atoms. The first kappa shape index (κ1) is 14.9. The van der Waals surface area contributed by atoms with Gasteiger partial charge in [-0.2, -0.15) is 0 Å². The molecule has 3 nitrogen and oxygen atoms in total. The maximum Gasteiger partial charge on any atom is 0.0795 e. The third kappa shape index (κ3) is 4.55. The lowest BCUT2D eigenvalue weighted by molar-refractivity contribution is 0.167. The Bertz CT molecular complexity index is 344. The smallest absolute Gasteiger partial charge is 0.0795 e. The van der Waals surface area contributed by atoms with Gasteiger partial charge < -0.3 is 5.32 Å². The lowest BCUT2D eigenvalue weighted by Gasteiger charge is -2.33. The molecule has 1 aliphatic carbocycles. The maximum atomic E-state index is 4.39. The van der Waals surface area contributed by atoms with Crippen molar-refractivity contribution < 1.29 is 0 Å². The predicted molar refractivity (Wildman–Crippen MR) is 82.5 cm³/mol. The van der Waals surface area contributed by atoms with E-state index in [2.05, 4.69) is 34.6 Å². The molecule has 0 saturated heterocycles. The van der Waals surface area contributed by atoms with E-state index >= 15 is 0 Å². The molecule has 0 aliphatic heterocycles. The molecule has 2 rings (SSSR count). The number of thiazole rings is 1. The summed E-state index contributed by atoms with van der Waals surface area (Å²) in [5.41, 5.74) is 3.64. The zero-order chi connectivity index (χ0) is 13.6. The van der Waals surface area contributed by atoms with Crippen LogP contribution < -0.4 is 5.32 Å². The molecule has 1 N–H and O–H groups in total. The highest BCUT2D eigenvalue weighted by molar-refractivity contribution is 7.07. The van der Waals surface area contributed by atoms with Gasteiger partial charge in [-0.05, 0) is 38.3 Å². The monoisotopic (exact) mass is 281 g/mol. The molecule has 0 spiro atoms. The minimum absolute atomic E-state index is 0.500. The predicted octanol–water partition coefficient (Wildman–Crippen LogP) is 3.13. The zero-order valence-corrected chi connectivity index (χ0v) is 13.1. The van der Waals surface area contributed by atoms with Crippen molar-refractivity contribution in [1.82, 2.24) is 15.2 Å². The van der Waals surface area contributed by atoms with Gasteiger partial charge in [0.1, 0.15) is 0 Å². The molecule has 0 aromatic carbocycles. The van der Waals surface area contributed by atoms with Crippen LogP contribution in [0.25, 0.3) is 0 Å². The summed E-state index contributed by atoms with van der Waals surface area (Å²) in [5.74, 6) is 0. The van der Waals surface area contributed by atoms with Gasteiger partial charge in [-0.25, -0.2) is 4.98 Å². The summed E-state index contributed by atoms with van der Waals surface area (Å²) in [7, 11) is 2.24. The topological polar surface area (TPSA) is 28.2 Å². The van der Waals surface area contributed by atoms with E-state index in [1.807, 2.05) is 5.51 Å². The van der Waals surface area contributed by atoms with Crippen LogP contribution >= 0.6 is 11.3 Å². The van der Waals surface area contributed by atoms with Gasteiger partial charge in [0.15, 0.2) is 0 Å². The molecule has 0 amide bonds. The molecule has 0 bridgehead atoms. The lowest BCUT2D eigenvalue weighted by atomic mass is 9.85. The third-order valence-electron chi connectivity index (χ3n) is 4.11. The summed E-state index contributed by atoms with van der Waals surface area (Å²) in [5, 5.41) is 5.80. The van der Waals surface area contributed by atoms with Gasteiger partial charge in [0, 0.05) is 25.0 Å². The molecular weight excluding hydrogens is 254 g/mol. The van der Waals surface area contributed by atoms with Gasteiger partial charge in [-0.15, -0.1) is 11.3 Å². The fraction of sp³-hybridized carbons (Fsp3) is 0.800. The summed E-state index contributed by atoms with van der Waals surface area (Å²) in [4.78, 5) is 6.84. The van der Waals surface area contributed by atoms with Crippen LogP contribution in [0.2, 0.25) is 0 Å². The second-order valence-electron chi connectivity index (χ2n) is 6.04. The Balaban J connectivity index is 1.85. The molecule has 1 saturated carbocycles. The Morgan fingerprint density at radius 1 is 1.42 bits per heavy atom. The van der Waals surface area contributed by atoms with Crippen LogP contribution in [0.4, 0.5) is 0 Å². The lowest BCUT2D eigenvalue weighted by Crippen LogP contribution is -2.41. The highest BCUT2D eigenvalue weighted by atomic mass is 32.1. The third-order valence-corrected chi connectivity index (χ3v) is 4.75. The van der Waals surface area contributed by atoms with Gasteiger partial charge >= 0.3 is 0 Å². The Hall–Kier alpha value is -0.450. The van der Waals surface area contributed by atoms with Crippen molar-refractivity contribution in [2.45, 2.75) is 45.6 Å². The number of aromatic nitrogens is 1. The maximum absolute atomic E-state index is 4.39. The van der Waals surface area contributed by atoms with E-state index in [4.69, 9.17) is 0 Å². The Labute approximate surface area is 121 Å². The SMILES string of the molecule is CCCNCC1(CN(C)Cc2cscn2)CCCC1. The summed E-state index contributed by atoms with van der Waals surface area (Å²) in [6.07, 6.45) is 6.79. The molecule has 0 atom stereocenters. The van der Waals surface area contributed by atoms with Crippen LogP contribution in [0.1, 0.15) is 44.7 Å². The van der Waals surface area contributed by atoms with Gasteiger partial charge in [-0.1, -0.05) is 19.8 Å². The van der Waals surface area contributed by atoms with Crippen molar-refractivity contribution in [1.29, 1.82) is 0 Å². The zero-order valence-electron chi connectivity index (χ0n) is 12.3. The molecule has 108 valence electrons. The minimum atomic E-state index is 0.500. The average molecular weight is 281 g/mol. The van der Waals surface area contributed by atoms with Crippen molar-refractivity contribution in [3.8, 4) is 0 Å². The summed E-state index contributed by atoms with van der Waals surface area (Å²) in [6.45, 7) is 6.75. The fourth-order valence-corrected chi connectivity index (χ4v) is 3.82. The van der Waals surface area contributed by atoms with Crippen molar-refractivity contribution in [2.75, 3.05) is 26.7 Å². The summed E-state index contributed by atoms with van der Waals surface area (Å²) >= 11 is 1.69. The van der Waals surface area contributed by atoms with E-state index in [0.717, 1.165) is 13.1 Å². The fourth-order valence-electron chi connectivity index (χ4n) is 3.27. The second kappa shape index (κ2) is 7.36. The van der Waals surface area contributed by atoms with Gasteiger partial charge in [-0.3, -0.25) is 4.90 Å². The quantitative estimate of drug-likeness (QED) is 0.742. The first-order valence-electron chi connectivity index (χ1n) is 7.50. The molecule has 1 aliphatic rings. The Morgan fingerprint density at radius 2 is 2.21 bits per heavy atom. The first-order valence-corrected chi connectivity index (χ1v) is 8.45. The van der Waals surface area contributed by atoms with Crippen LogP contribution in [-0.4, -0.2) is 36.6 Å². The van der Waals surface area contributed by atoms with Crippen LogP contribution in [0, 0.1) is 5.41 Å². The van der Waals surface area contributed by atoms with Crippen molar-refractivity contribution in [3.05, 3.63) is 16.6 Å². The molecule has 1 fully saturated rings. The molecule has 1 heterocycles. The van der Waals surface area contributed by atoms with E-state index in [0.29, 0.717) is 5.41 Å². The van der Waals surface area contributed by atoms with E-state index in [-0.39, 0.29) is 0 Å². The summed E-state index contributed by atoms with van der Waals surface area (Å²) < 4.78 is 0. The molecule has 4 heteroatoms. The number of hydrogen-bond acceptors (Lipinski definition) is 4. The minimum Gasteiger partial charge on any atom is -0.316 e. The number of rotatable bonds is 8. The van der Waals surface area contributed by atoms with Gasteiger partial charge in [0.05, 0.1) is 11.2 Å². The molecule has 1 aromatic heterocycles. The molecular formula is C15H27N3S. The normalized spacial score (nSPS) is 18.3. The first-order chi connectivity index (χ1) is 9.24. The molecule has 0 radical (unpaired) electrons. The van der Waals surface area contributed by atoms with Crippen LogP contribution in [0.15, 0.2) is 10.9 Å². The largest absolute Gasteiger partial charge is 0.316 e. The number of nitrogens with zero attached hydrogens (tertiary/aromatic N) is 2. The van der Waals surface area contributed by atoms with E-state index < -0.39 is 0 Å². The van der Waals surface area contributed by atoms with Gasteiger partial charge in [0.2, 0.25) is 0 Å². The molecule has 0 unspecified atom stereocenters. The van der Waals surface area contributed by atoms with Crippen LogP contribution in [0.5, 0.6) is 0 Å². The number of nitrogens with one attached hydrogen (secondary N) is 1. The van der Waals surface area contributed by atoms with Crippen molar-refractivity contribution in [2.24, 2.45) is 5.41 Å². The Morgan fingerprint density at radius 3 is 2.84 bits per heavy atom. The molecule has 1 aromatic rings. The van der Waals surface area contributed by atoms with Crippen LogP contribution in [0.3, 0.4) is 0 Å². The highest BCUT2D eigenvalue weighted by Gasteiger charge is 2.34. The van der Waals surface area contributed by atoms with Crippen molar-refractivity contribution in [3.63, 3.8) is 0 Å². The highest BCUT2D eigenvalue weighted by Crippen LogP contribution is 2.38. The standard InChI is InChI=1S/C15H27N3S/c1-3-8-16-11-15(6-4-5-7-15)12-18(2)9-14-10-19-13-17-14/h10,13,16H,3-9,11-12H2,1-2H3. The van der Waals surface area contributed by atoms with Crippen LogP contribution in [-0.2, 0) is 6.54 Å². The van der Waals surface area contributed by atoms with Gasteiger partial charge in [0.25, 0.3) is 0 Å². The average Bonchev–Trinajstić information content (AvgIpc) is 3.02. The van der Waals surface area contributed by atoms with E-state index in [1.54, 1.807) is 11.3 Å². The Kier molecular flexibility index (Phi) is 5.79. The van der Waals surface area contributed by atoms with Crippen molar-refractivity contribution >= 4 is 11.3 Å². The summed E-state index contributed by atoms with van der Waals surface area (Å²) in [6, 6.07) is 0. The van der Waals surface area contributed by atoms with E-state index in [9.17, 15) is 0 Å². The second-order valence-corrected chi connectivity index (χ2v) is 6.75. The van der Waals surface area contributed by atoms with E-state index in [1.165, 1.54) is 50.9 Å².